The highest BCUT2D eigenvalue weighted by atomic mass is 16.5. The van der Waals surface area contributed by atoms with Gasteiger partial charge in [0.15, 0.2) is 0 Å². The molecule has 3 amide bonds. The lowest BCUT2D eigenvalue weighted by Gasteiger charge is -2.29. The fraction of sp³-hybridized carbons (Fsp3) is 0.419. The van der Waals surface area contributed by atoms with E-state index in [4.69, 9.17) is 14.5 Å². The molecule has 0 radical (unpaired) electrons. The van der Waals surface area contributed by atoms with Crippen LogP contribution in [0.15, 0.2) is 48.5 Å². The van der Waals surface area contributed by atoms with Crippen molar-refractivity contribution in [1.29, 1.82) is 0 Å². The zero-order chi connectivity index (χ0) is 27.8. The van der Waals surface area contributed by atoms with Gasteiger partial charge in [-0.1, -0.05) is 12.1 Å². The number of aromatic nitrogens is 1. The number of imide groups is 1. The van der Waals surface area contributed by atoms with Gasteiger partial charge in [0.2, 0.25) is 11.8 Å². The number of carbonyl (C=O) groups excluding carboxylic acids is 3. The van der Waals surface area contributed by atoms with Crippen molar-refractivity contribution < 1.29 is 23.9 Å². The maximum absolute atomic E-state index is 13.0. The molecule has 0 bridgehead atoms. The monoisotopic (exact) mass is 542 g/mol. The SMILES string of the molecule is CC(C)OCc1ccc2cc(CN3CCC(Oc4ccc5c(c4)CN(C4CCC(=O)NC4=O)C5=O)C3)ccc2n1. The Hall–Kier alpha value is -3.82. The number of benzene rings is 2. The molecule has 0 spiro atoms. The Morgan fingerprint density at radius 2 is 1.93 bits per heavy atom. The van der Waals surface area contributed by atoms with Gasteiger partial charge in [-0.05, 0) is 74.2 Å². The van der Waals surface area contributed by atoms with Gasteiger partial charge in [0.05, 0.1) is 23.9 Å². The minimum atomic E-state index is -0.614. The van der Waals surface area contributed by atoms with Crippen LogP contribution in [-0.4, -0.2) is 63.8 Å². The maximum Gasteiger partial charge on any atom is 0.255 e. The van der Waals surface area contributed by atoms with Crippen molar-refractivity contribution >= 4 is 28.6 Å². The largest absolute Gasteiger partial charge is 0.489 e. The van der Waals surface area contributed by atoms with Crippen LogP contribution in [0.5, 0.6) is 5.75 Å². The van der Waals surface area contributed by atoms with E-state index in [0.717, 1.165) is 54.0 Å². The van der Waals surface area contributed by atoms with E-state index in [1.165, 1.54) is 5.56 Å². The van der Waals surface area contributed by atoms with Crippen LogP contribution in [0, 0.1) is 0 Å². The van der Waals surface area contributed by atoms with Crippen molar-refractivity contribution in [3.8, 4) is 5.75 Å². The molecule has 208 valence electrons. The average Bonchev–Trinajstić information content (AvgIpc) is 3.50. The topological polar surface area (TPSA) is 101 Å². The fourth-order valence-corrected chi connectivity index (χ4v) is 5.76. The summed E-state index contributed by atoms with van der Waals surface area (Å²) in [6.45, 7) is 7.51. The van der Waals surface area contributed by atoms with Crippen molar-refractivity contribution in [3.63, 3.8) is 0 Å². The zero-order valence-corrected chi connectivity index (χ0v) is 22.9. The average molecular weight is 543 g/mol. The normalized spacial score (nSPS) is 21.4. The molecule has 3 aromatic rings. The van der Waals surface area contributed by atoms with E-state index in [1.807, 2.05) is 32.0 Å². The van der Waals surface area contributed by atoms with Gasteiger partial charge in [-0.25, -0.2) is 0 Å². The van der Waals surface area contributed by atoms with Crippen LogP contribution in [0.3, 0.4) is 0 Å². The molecular formula is C31H34N4O5. The molecule has 9 nitrogen and oxygen atoms in total. The first-order valence-corrected chi connectivity index (χ1v) is 14.0. The molecule has 3 aliphatic rings. The molecule has 2 aromatic carbocycles. The highest BCUT2D eigenvalue weighted by Gasteiger charge is 2.39. The van der Waals surface area contributed by atoms with Crippen molar-refractivity contribution in [2.75, 3.05) is 13.1 Å². The molecule has 9 heteroatoms. The van der Waals surface area contributed by atoms with E-state index in [1.54, 1.807) is 11.0 Å². The number of carbonyl (C=O) groups is 3. The van der Waals surface area contributed by atoms with Crippen LogP contribution in [-0.2, 0) is 34.0 Å². The van der Waals surface area contributed by atoms with E-state index in [-0.39, 0.29) is 30.4 Å². The summed E-state index contributed by atoms with van der Waals surface area (Å²) in [4.78, 5) is 45.5. The van der Waals surface area contributed by atoms with E-state index in [9.17, 15) is 14.4 Å². The Morgan fingerprint density at radius 1 is 1.05 bits per heavy atom. The second kappa shape index (κ2) is 11.0. The minimum absolute atomic E-state index is 0.0621. The van der Waals surface area contributed by atoms with Crippen LogP contribution in [0.1, 0.15) is 60.3 Å². The van der Waals surface area contributed by atoms with Crippen LogP contribution in [0.4, 0.5) is 0 Å². The van der Waals surface area contributed by atoms with E-state index >= 15 is 0 Å². The van der Waals surface area contributed by atoms with E-state index in [0.29, 0.717) is 25.1 Å². The molecular weight excluding hydrogens is 508 g/mol. The highest BCUT2D eigenvalue weighted by molar-refractivity contribution is 6.05. The predicted octanol–water partition coefficient (Wildman–Crippen LogP) is 3.57. The van der Waals surface area contributed by atoms with Crippen LogP contribution in [0.25, 0.3) is 10.9 Å². The first kappa shape index (κ1) is 26.4. The summed E-state index contributed by atoms with van der Waals surface area (Å²) in [5.74, 6) is -0.124. The highest BCUT2D eigenvalue weighted by Crippen LogP contribution is 2.31. The van der Waals surface area contributed by atoms with Crippen LogP contribution < -0.4 is 10.1 Å². The van der Waals surface area contributed by atoms with Gasteiger partial charge < -0.3 is 14.4 Å². The number of nitrogens with one attached hydrogen (secondary N) is 1. The summed E-state index contributed by atoms with van der Waals surface area (Å²) in [5, 5.41) is 3.47. The lowest BCUT2D eigenvalue weighted by atomic mass is 10.0. The van der Waals surface area contributed by atoms with Crippen molar-refractivity contribution in [1.82, 2.24) is 20.1 Å². The Morgan fingerprint density at radius 3 is 2.75 bits per heavy atom. The lowest BCUT2D eigenvalue weighted by Crippen LogP contribution is -2.52. The molecule has 2 saturated heterocycles. The standard InChI is InChI=1S/C31H34N4O5/c1-19(2)39-18-23-5-4-21-13-20(3-8-27(21)32-23)15-34-12-11-25(17-34)40-24-6-7-26-22(14-24)16-35(31(26)38)28-9-10-29(36)33-30(28)37/h3-8,13-14,19,25,28H,9-12,15-18H2,1-2H3,(H,33,36,37). The number of amides is 3. The van der Waals surface area contributed by atoms with Gasteiger partial charge in [0.1, 0.15) is 17.9 Å². The molecule has 2 unspecified atom stereocenters. The van der Waals surface area contributed by atoms with Gasteiger partial charge in [-0.2, -0.15) is 0 Å². The van der Waals surface area contributed by atoms with Gasteiger partial charge in [-0.15, -0.1) is 0 Å². The number of nitrogens with zero attached hydrogens (tertiary/aromatic N) is 3. The fourth-order valence-electron chi connectivity index (χ4n) is 5.76. The number of rotatable bonds is 8. The van der Waals surface area contributed by atoms with Gasteiger partial charge >= 0.3 is 0 Å². The molecule has 0 aliphatic carbocycles. The zero-order valence-electron chi connectivity index (χ0n) is 22.9. The molecule has 1 N–H and O–H groups in total. The maximum atomic E-state index is 13.0. The smallest absolute Gasteiger partial charge is 0.255 e. The summed E-state index contributed by atoms with van der Waals surface area (Å²) in [6, 6.07) is 15.5. The Labute approximate surface area is 233 Å². The summed E-state index contributed by atoms with van der Waals surface area (Å²) in [6.07, 6.45) is 1.76. The number of hydrogen-bond donors (Lipinski definition) is 1. The minimum Gasteiger partial charge on any atom is -0.489 e. The Kier molecular flexibility index (Phi) is 7.25. The lowest BCUT2D eigenvalue weighted by molar-refractivity contribution is -0.136. The first-order valence-electron chi connectivity index (χ1n) is 14.0. The number of pyridine rings is 1. The quantitative estimate of drug-likeness (QED) is 0.434. The first-order chi connectivity index (χ1) is 19.3. The van der Waals surface area contributed by atoms with E-state index in [2.05, 4.69) is 34.5 Å². The molecule has 2 atom stereocenters. The van der Waals surface area contributed by atoms with Gasteiger partial charge in [-0.3, -0.25) is 29.6 Å². The number of piperidine rings is 1. The summed E-state index contributed by atoms with van der Waals surface area (Å²) in [7, 11) is 0. The summed E-state index contributed by atoms with van der Waals surface area (Å²) >= 11 is 0. The van der Waals surface area contributed by atoms with Crippen LogP contribution in [0.2, 0.25) is 0 Å². The number of fused-ring (bicyclic) bond motifs is 2. The number of ether oxygens (including phenoxy) is 2. The van der Waals surface area contributed by atoms with Crippen molar-refractivity contribution in [2.24, 2.45) is 0 Å². The van der Waals surface area contributed by atoms with Crippen molar-refractivity contribution in [3.05, 3.63) is 70.9 Å². The second-order valence-corrected chi connectivity index (χ2v) is 11.2. The van der Waals surface area contributed by atoms with Gasteiger partial charge in [0.25, 0.3) is 5.91 Å². The molecule has 6 rings (SSSR count). The molecule has 3 aliphatic heterocycles. The molecule has 4 heterocycles. The summed E-state index contributed by atoms with van der Waals surface area (Å²) in [5.41, 5.74) is 4.60. The Balaban J connectivity index is 1.05. The molecule has 1 aromatic heterocycles. The number of hydrogen-bond acceptors (Lipinski definition) is 7. The van der Waals surface area contributed by atoms with Crippen LogP contribution >= 0.6 is 0 Å². The molecule has 2 fully saturated rings. The summed E-state index contributed by atoms with van der Waals surface area (Å²) < 4.78 is 12.0. The third kappa shape index (κ3) is 5.57. The van der Waals surface area contributed by atoms with Crippen molar-refractivity contribution in [2.45, 2.75) is 71.1 Å². The van der Waals surface area contributed by atoms with Gasteiger partial charge in [0, 0.05) is 43.5 Å². The predicted molar refractivity (Wildman–Crippen MR) is 148 cm³/mol. The second-order valence-electron chi connectivity index (χ2n) is 11.2. The Bertz CT molecular complexity index is 1470. The van der Waals surface area contributed by atoms with E-state index < -0.39 is 11.9 Å². The number of likely N-dealkylation sites (tertiary alicyclic amines) is 1. The molecule has 40 heavy (non-hydrogen) atoms. The molecule has 0 saturated carbocycles. The third-order valence-corrected chi connectivity index (χ3v) is 7.81. The third-order valence-electron chi connectivity index (χ3n) is 7.81.